The SMILES string of the molecule is CCN(CC)c1ccc2c(c1)Oc1c(C)cc(C)cc1C21OC(=O)c2ccccc21. The molecule has 152 valence electrons. The largest absolute Gasteiger partial charge is 0.456 e. The van der Waals surface area contributed by atoms with Crippen molar-refractivity contribution in [2.75, 3.05) is 18.0 Å². The second kappa shape index (κ2) is 6.63. The minimum Gasteiger partial charge on any atom is -0.456 e. The van der Waals surface area contributed by atoms with Gasteiger partial charge in [-0.2, -0.15) is 0 Å². The molecule has 0 bridgehead atoms. The van der Waals surface area contributed by atoms with Crippen molar-refractivity contribution >= 4 is 11.7 Å². The standard InChI is InChI=1S/C26H25NO3/c1-5-27(6-2)18-11-12-21-23(15-18)29-24-17(4)13-16(3)14-22(24)26(21)20-10-8-7-9-19(20)25(28)30-26/h7-15H,5-6H2,1-4H3. The maximum absolute atomic E-state index is 12.9. The summed E-state index contributed by atoms with van der Waals surface area (Å²) in [6, 6.07) is 18.1. The Hall–Kier alpha value is -3.27. The van der Waals surface area contributed by atoms with E-state index in [0.29, 0.717) is 5.56 Å². The zero-order chi connectivity index (χ0) is 21.0. The fraction of sp³-hybridized carbons (Fsp3) is 0.269. The molecule has 1 unspecified atom stereocenters. The van der Waals surface area contributed by atoms with E-state index in [1.54, 1.807) is 0 Å². The van der Waals surface area contributed by atoms with Crippen LogP contribution in [0.4, 0.5) is 5.69 Å². The third-order valence-electron chi connectivity index (χ3n) is 6.26. The van der Waals surface area contributed by atoms with Crippen molar-refractivity contribution in [1.82, 2.24) is 0 Å². The molecule has 2 aliphatic heterocycles. The molecule has 2 aliphatic rings. The highest BCUT2D eigenvalue weighted by atomic mass is 16.6. The van der Waals surface area contributed by atoms with Crippen LogP contribution in [-0.4, -0.2) is 19.1 Å². The van der Waals surface area contributed by atoms with Gasteiger partial charge in [0.25, 0.3) is 0 Å². The highest BCUT2D eigenvalue weighted by Gasteiger charge is 2.53. The van der Waals surface area contributed by atoms with Crippen LogP contribution in [0.2, 0.25) is 0 Å². The molecule has 1 spiro atoms. The number of esters is 1. The third-order valence-corrected chi connectivity index (χ3v) is 6.26. The number of ether oxygens (including phenoxy) is 2. The highest BCUT2D eigenvalue weighted by Crippen LogP contribution is 2.57. The molecule has 4 heteroatoms. The number of benzene rings is 3. The Morgan fingerprint density at radius 3 is 2.43 bits per heavy atom. The molecule has 3 aromatic rings. The summed E-state index contributed by atoms with van der Waals surface area (Å²) >= 11 is 0. The zero-order valence-corrected chi connectivity index (χ0v) is 17.8. The maximum atomic E-state index is 12.9. The monoisotopic (exact) mass is 399 g/mol. The molecular formula is C26H25NO3. The van der Waals surface area contributed by atoms with Crippen molar-refractivity contribution in [2.45, 2.75) is 33.3 Å². The summed E-state index contributed by atoms with van der Waals surface area (Å²) in [4.78, 5) is 15.2. The lowest BCUT2D eigenvalue weighted by Gasteiger charge is -2.38. The molecule has 4 nitrogen and oxygen atoms in total. The van der Waals surface area contributed by atoms with Gasteiger partial charge in [0.1, 0.15) is 11.5 Å². The summed E-state index contributed by atoms with van der Waals surface area (Å²) < 4.78 is 12.7. The molecule has 0 aliphatic carbocycles. The first-order valence-electron chi connectivity index (χ1n) is 10.5. The van der Waals surface area contributed by atoms with E-state index < -0.39 is 5.60 Å². The lowest BCUT2D eigenvalue weighted by Crippen LogP contribution is -2.33. The number of hydrogen-bond acceptors (Lipinski definition) is 4. The summed E-state index contributed by atoms with van der Waals surface area (Å²) in [6.07, 6.45) is 0. The van der Waals surface area contributed by atoms with Crippen LogP contribution in [0.1, 0.15) is 52.0 Å². The molecule has 1 atom stereocenters. The Kier molecular flexibility index (Phi) is 4.14. The molecule has 0 aromatic heterocycles. The minimum absolute atomic E-state index is 0.295. The van der Waals surface area contributed by atoms with Gasteiger partial charge >= 0.3 is 5.97 Å². The van der Waals surface area contributed by atoms with Crippen molar-refractivity contribution in [1.29, 1.82) is 0 Å². The number of anilines is 1. The van der Waals surface area contributed by atoms with E-state index in [-0.39, 0.29) is 5.97 Å². The number of hydrogen-bond donors (Lipinski definition) is 0. The molecule has 0 amide bonds. The van der Waals surface area contributed by atoms with Gasteiger partial charge in [0.15, 0.2) is 5.60 Å². The molecule has 0 saturated carbocycles. The molecule has 0 radical (unpaired) electrons. The van der Waals surface area contributed by atoms with E-state index in [1.165, 1.54) is 0 Å². The first-order valence-corrected chi connectivity index (χ1v) is 10.5. The van der Waals surface area contributed by atoms with E-state index in [9.17, 15) is 4.79 Å². The summed E-state index contributed by atoms with van der Waals surface area (Å²) in [5.74, 6) is 1.22. The van der Waals surface area contributed by atoms with Crippen molar-refractivity contribution < 1.29 is 14.3 Å². The van der Waals surface area contributed by atoms with Gasteiger partial charge in [-0.1, -0.05) is 29.8 Å². The highest BCUT2D eigenvalue weighted by molar-refractivity contribution is 5.97. The van der Waals surface area contributed by atoms with Crippen molar-refractivity contribution in [3.63, 3.8) is 0 Å². The lowest BCUT2D eigenvalue weighted by molar-refractivity contribution is 0.0223. The Morgan fingerprint density at radius 1 is 0.900 bits per heavy atom. The fourth-order valence-corrected chi connectivity index (χ4v) is 4.90. The number of carbonyl (C=O) groups excluding carboxylic acids is 1. The summed E-state index contributed by atoms with van der Waals surface area (Å²) in [7, 11) is 0. The Balaban J connectivity index is 1.84. The number of nitrogens with zero attached hydrogens (tertiary/aromatic N) is 1. The summed E-state index contributed by atoms with van der Waals surface area (Å²) in [6.45, 7) is 10.2. The molecule has 0 N–H and O–H groups in total. The average Bonchev–Trinajstić information content (AvgIpc) is 3.04. The van der Waals surface area contributed by atoms with Gasteiger partial charge in [0.05, 0.1) is 5.56 Å². The number of rotatable bonds is 3. The predicted molar refractivity (Wildman–Crippen MR) is 118 cm³/mol. The van der Waals surface area contributed by atoms with Gasteiger partial charge < -0.3 is 14.4 Å². The van der Waals surface area contributed by atoms with Crippen LogP contribution in [0.3, 0.4) is 0 Å². The van der Waals surface area contributed by atoms with Crippen LogP contribution in [0.25, 0.3) is 0 Å². The molecule has 0 fully saturated rings. The second-order valence-corrected chi connectivity index (χ2v) is 8.03. The predicted octanol–water partition coefficient (Wildman–Crippen LogP) is 5.72. The van der Waals surface area contributed by atoms with E-state index >= 15 is 0 Å². The maximum Gasteiger partial charge on any atom is 0.340 e. The van der Waals surface area contributed by atoms with E-state index in [1.807, 2.05) is 31.2 Å². The second-order valence-electron chi connectivity index (χ2n) is 8.03. The topological polar surface area (TPSA) is 38.8 Å². The first kappa shape index (κ1) is 18.7. The normalized spacial score (nSPS) is 18.3. The van der Waals surface area contributed by atoms with Crippen LogP contribution >= 0.6 is 0 Å². The number of fused-ring (bicyclic) bond motifs is 6. The zero-order valence-electron chi connectivity index (χ0n) is 17.8. The first-order chi connectivity index (χ1) is 14.5. The van der Waals surface area contributed by atoms with Gasteiger partial charge in [-0.15, -0.1) is 0 Å². The van der Waals surface area contributed by atoms with Gasteiger partial charge in [-0.3, -0.25) is 0 Å². The van der Waals surface area contributed by atoms with Crippen LogP contribution in [0.5, 0.6) is 11.5 Å². The summed E-state index contributed by atoms with van der Waals surface area (Å²) in [5.41, 5.74) is 5.50. The lowest BCUT2D eigenvalue weighted by atomic mass is 9.76. The Morgan fingerprint density at radius 2 is 1.67 bits per heavy atom. The number of aryl methyl sites for hydroxylation is 2. The van der Waals surface area contributed by atoms with Gasteiger partial charge in [0.2, 0.25) is 0 Å². The van der Waals surface area contributed by atoms with Gasteiger partial charge in [-0.25, -0.2) is 4.79 Å². The van der Waals surface area contributed by atoms with Gasteiger partial charge in [-0.05, 0) is 57.5 Å². The Labute approximate surface area is 177 Å². The van der Waals surface area contributed by atoms with Crippen molar-refractivity contribution in [3.05, 3.63) is 88.0 Å². The molecule has 3 aromatic carbocycles. The molecule has 0 saturated heterocycles. The van der Waals surface area contributed by atoms with E-state index in [4.69, 9.17) is 9.47 Å². The minimum atomic E-state index is -0.991. The quantitative estimate of drug-likeness (QED) is 0.528. The summed E-state index contributed by atoms with van der Waals surface area (Å²) in [5, 5.41) is 0. The molecule has 30 heavy (non-hydrogen) atoms. The molecule has 2 heterocycles. The average molecular weight is 399 g/mol. The van der Waals surface area contributed by atoms with Crippen LogP contribution < -0.4 is 9.64 Å². The molecular weight excluding hydrogens is 374 g/mol. The number of carbonyl (C=O) groups is 1. The molecule has 5 rings (SSSR count). The van der Waals surface area contributed by atoms with Crippen molar-refractivity contribution in [3.8, 4) is 11.5 Å². The van der Waals surface area contributed by atoms with E-state index in [2.05, 4.69) is 56.0 Å². The van der Waals surface area contributed by atoms with Crippen LogP contribution in [-0.2, 0) is 10.3 Å². The van der Waals surface area contributed by atoms with Gasteiger partial charge in [0, 0.05) is 41.5 Å². The van der Waals surface area contributed by atoms with Crippen LogP contribution in [0, 0.1) is 13.8 Å². The van der Waals surface area contributed by atoms with Crippen LogP contribution in [0.15, 0.2) is 54.6 Å². The smallest absolute Gasteiger partial charge is 0.340 e. The third kappa shape index (κ3) is 2.43. The fourth-order valence-electron chi connectivity index (χ4n) is 4.90. The van der Waals surface area contributed by atoms with Crippen molar-refractivity contribution in [2.24, 2.45) is 0 Å². The Bertz CT molecular complexity index is 1180. The van der Waals surface area contributed by atoms with E-state index in [0.717, 1.165) is 58.1 Å².